The molecule has 0 atom stereocenters. The van der Waals surface area contributed by atoms with E-state index in [4.69, 9.17) is 9.26 Å². The summed E-state index contributed by atoms with van der Waals surface area (Å²) >= 11 is 1.41. The number of benzene rings is 2. The predicted molar refractivity (Wildman–Crippen MR) is 103 cm³/mol. The minimum Gasteiger partial charge on any atom is -0.494 e. The molecular weight excluding hydrogens is 364 g/mol. The van der Waals surface area contributed by atoms with Crippen LogP contribution in [0.1, 0.15) is 23.1 Å². The Hall–Kier alpha value is -3.26. The van der Waals surface area contributed by atoms with E-state index in [0.717, 1.165) is 21.5 Å². The lowest BCUT2D eigenvalue weighted by atomic mass is 10.1. The number of fused-ring (bicyclic) bond motifs is 1. The Bertz CT molecular complexity index is 1100. The highest BCUT2D eigenvalue weighted by Gasteiger charge is 2.12. The van der Waals surface area contributed by atoms with Crippen LogP contribution < -0.4 is 10.1 Å². The fourth-order valence-electron chi connectivity index (χ4n) is 2.56. The molecule has 0 radical (unpaired) electrons. The topological polar surface area (TPSA) is 90.1 Å². The number of aromatic nitrogens is 3. The molecule has 27 heavy (non-hydrogen) atoms. The van der Waals surface area contributed by atoms with Crippen LogP contribution >= 0.6 is 11.3 Å². The molecule has 0 aliphatic carbocycles. The Morgan fingerprint density at radius 3 is 2.70 bits per heavy atom. The molecule has 2 aromatic carbocycles. The Labute approximate surface area is 159 Å². The molecule has 0 unspecified atom stereocenters. The van der Waals surface area contributed by atoms with Crippen LogP contribution in [0.2, 0.25) is 0 Å². The van der Waals surface area contributed by atoms with Crippen molar-refractivity contribution in [3.05, 3.63) is 53.9 Å². The zero-order valence-corrected chi connectivity index (χ0v) is 15.5. The van der Waals surface area contributed by atoms with E-state index in [1.165, 1.54) is 11.3 Å². The number of hydrogen-bond acceptors (Lipinski definition) is 7. The molecule has 136 valence electrons. The molecule has 4 rings (SSSR count). The van der Waals surface area contributed by atoms with Gasteiger partial charge in [0, 0.05) is 11.1 Å². The van der Waals surface area contributed by atoms with E-state index in [1.807, 2.05) is 25.1 Å². The molecule has 2 heterocycles. The highest BCUT2D eigenvalue weighted by molar-refractivity contribution is 7.22. The van der Waals surface area contributed by atoms with Crippen LogP contribution in [0.4, 0.5) is 5.13 Å². The van der Waals surface area contributed by atoms with Gasteiger partial charge >= 0.3 is 0 Å². The van der Waals surface area contributed by atoms with Gasteiger partial charge in [0.15, 0.2) is 11.0 Å². The van der Waals surface area contributed by atoms with Crippen molar-refractivity contribution in [2.45, 2.75) is 13.8 Å². The maximum Gasteiger partial charge on any atom is 0.257 e. The van der Waals surface area contributed by atoms with E-state index in [9.17, 15) is 4.79 Å². The largest absolute Gasteiger partial charge is 0.494 e. The molecule has 1 amide bonds. The van der Waals surface area contributed by atoms with Crippen LogP contribution in [-0.2, 0) is 0 Å². The number of carbonyl (C=O) groups is 1. The SMILES string of the molecule is CCOc1ccc2nc(NC(=O)c3ccc(-c4nc(C)no4)cc3)sc2c1. The van der Waals surface area contributed by atoms with Gasteiger partial charge in [-0.2, -0.15) is 4.98 Å². The number of rotatable bonds is 5. The van der Waals surface area contributed by atoms with Gasteiger partial charge < -0.3 is 9.26 Å². The van der Waals surface area contributed by atoms with Gasteiger partial charge in [0.25, 0.3) is 11.8 Å². The molecule has 0 bridgehead atoms. The van der Waals surface area contributed by atoms with E-state index in [2.05, 4.69) is 20.4 Å². The molecule has 0 saturated heterocycles. The van der Waals surface area contributed by atoms with Crippen LogP contribution in [-0.4, -0.2) is 27.6 Å². The monoisotopic (exact) mass is 380 g/mol. The zero-order chi connectivity index (χ0) is 18.8. The number of ether oxygens (including phenoxy) is 1. The minimum atomic E-state index is -0.229. The molecule has 1 N–H and O–H groups in total. The molecule has 0 spiro atoms. The summed E-state index contributed by atoms with van der Waals surface area (Å²) in [4.78, 5) is 21.1. The summed E-state index contributed by atoms with van der Waals surface area (Å²) < 4.78 is 11.6. The van der Waals surface area contributed by atoms with Crippen molar-refractivity contribution in [2.24, 2.45) is 0 Å². The van der Waals surface area contributed by atoms with Gasteiger partial charge in [-0.05, 0) is 56.3 Å². The lowest BCUT2D eigenvalue weighted by Crippen LogP contribution is -2.11. The first-order chi connectivity index (χ1) is 13.1. The lowest BCUT2D eigenvalue weighted by Gasteiger charge is -2.02. The number of nitrogens with zero attached hydrogens (tertiary/aromatic N) is 3. The first-order valence-corrected chi connectivity index (χ1v) is 9.19. The normalized spacial score (nSPS) is 10.9. The Morgan fingerprint density at radius 2 is 2.00 bits per heavy atom. The maximum atomic E-state index is 12.5. The fourth-order valence-corrected chi connectivity index (χ4v) is 3.45. The van der Waals surface area contributed by atoms with E-state index in [1.54, 1.807) is 31.2 Å². The van der Waals surface area contributed by atoms with Crippen LogP contribution in [0.15, 0.2) is 47.0 Å². The summed E-state index contributed by atoms with van der Waals surface area (Å²) in [6.07, 6.45) is 0. The standard InChI is InChI=1S/C19H16N4O3S/c1-3-25-14-8-9-15-16(10-14)27-19(21-15)22-17(24)12-4-6-13(7-5-12)18-20-11(2)23-26-18/h4-10H,3H2,1-2H3,(H,21,22,24). The average Bonchev–Trinajstić information content (AvgIpc) is 3.27. The number of aryl methyl sites for hydroxylation is 1. The summed E-state index contributed by atoms with van der Waals surface area (Å²) in [6.45, 7) is 4.30. The highest BCUT2D eigenvalue weighted by Crippen LogP contribution is 2.29. The van der Waals surface area contributed by atoms with Gasteiger partial charge in [0.05, 0.1) is 16.8 Å². The molecule has 2 aromatic heterocycles. The number of carbonyl (C=O) groups excluding carboxylic acids is 1. The second-order valence-electron chi connectivity index (χ2n) is 5.76. The summed E-state index contributed by atoms with van der Waals surface area (Å²) in [7, 11) is 0. The summed E-state index contributed by atoms with van der Waals surface area (Å²) in [5.41, 5.74) is 2.10. The van der Waals surface area contributed by atoms with Crippen molar-refractivity contribution in [3.8, 4) is 17.2 Å². The molecule has 0 aliphatic heterocycles. The van der Waals surface area contributed by atoms with Gasteiger partial charge in [-0.15, -0.1) is 0 Å². The maximum absolute atomic E-state index is 12.5. The predicted octanol–water partition coefficient (Wildman–Crippen LogP) is 4.31. The summed E-state index contributed by atoms with van der Waals surface area (Å²) in [5.74, 6) is 1.55. The number of thiazole rings is 1. The van der Waals surface area contributed by atoms with Crippen molar-refractivity contribution >= 4 is 32.6 Å². The lowest BCUT2D eigenvalue weighted by molar-refractivity contribution is 0.102. The third-order valence-electron chi connectivity index (χ3n) is 3.81. The third kappa shape index (κ3) is 3.65. The Kier molecular flexibility index (Phi) is 4.55. The number of hydrogen-bond donors (Lipinski definition) is 1. The van der Waals surface area contributed by atoms with Crippen molar-refractivity contribution in [2.75, 3.05) is 11.9 Å². The van der Waals surface area contributed by atoms with Gasteiger partial charge in [0.1, 0.15) is 5.75 Å². The highest BCUT2D eigenvalue weighted by atomic mass is 32.1. The smallest absolute Gasteiger partial charge is 0.257 e. The van der Waals surface area contributed by atoms with E-state index in [-0.39, 0.29) is 5.91 Å². The van der Waals surface area contributed by atoms with Crippen molar-refractivity contribution in [1.29, 1.82) is 0 Å². The second-order valence-corrected chi connectivity index (χ2v) is 6.79. The molecule has 7 nitrogen and oxygen atoms in total. The van der Waals surface area contributed by atoms with E-state index >= 15 is 0 Å². The van der Waals surface area contributed by atoms with Crippen LogP contribution in [0, 0.1) is 6.92 Å². The molecule has 4 aromatic rings. The molecule has 0 aliphatic rings. The second kappa shape index (κ2) is 7.16. The molecular formula is C19H16N4O3S. The van der Waals surface area contributed by atoms with Crippen molar-refractivity contribution in [3.63, 3.8) is 0 Å². The molecule has 8 heteroatoms. The zero-order valence-electron chi connectivity index (χ0n) is 14.7. The molecule has 0 saturated carbocycles. The van der Waals surface area contributed by atoms with Crippen LogP contribution in [0.5, 0.6) is 5.75 Å². The average molecular weight is 380 g/mol. The Balaban J connectivity index is 1.50. The first-order valence-electron chi connectivity index (χ1n) is 8.38. The van der Waals surface area contributed by atoms with Gasteiger partial charge in [-0.25, -0.2) is 4.98 Å². The van der Waals surface area contributed by atoms with Crippen LogP contribution in [0.25, 0.3) is 21.7 Å². The van der Waals surface area contributed by atoms with Gasteiger partial charge in [-0.3, -0.25) is 10.1 Å². The number of nitrogens with one attached hydrogen (secondary N) is 1. The third-order valence-corrected chi connectivity index (χ3v) is 4.75. The Morgan fingerprint density at radius 1 is 1.19 bits per heavy atom. The van der Waals surface area contributed by atoms with E-state index in [0.29, 0.717) is 29.0 Å². The number of amides is 1. The summed E-state index contributed by atoms with van der Waals surface area (Å²) in [5, 5.41) is 7.14. The van der Waals surface area contributed by atoms with Crippen molar-refractivity contribution in [1.82, 2.24) is 15.1 Å². The quantitative estimate of drug-likeness (QED) is 0.555. The van der Waals surface area contributed by atoms with Crippen molar-refractivity contribution < 1.29 is 14.1 Å². The number of anilines is 1. The van der Waals surface area contributed by atoms with E-state index < -0.39 is 0 Å². The summed E-state index contributed by atoms with van der Waals surface area (Å²) in [6, 6.07) is 12.6. The fraction of sp³-hybridized carbons (Fsp3) is 0.158. The van der Waals surface area contributed by atoms with Gasteiger partial charge in [0.2, 0.25) is 0 Å². The van der Waals surface area contributed by atoms with Crippen LogP contribution in [0.3, 0.4) is 0 Å². The van der Waals surface area contributed by atoms with Gasteiger partial charge in [-0.1, -0.05) is 16.5 Å². The minimum absolute atomic E-state index is 0.229. The molecule has 0 fully saturated rings. The first kappa shape index (κ1) is 17.2.